The third-order valence-corrected chi connectivity index (χ3v) is 2.18. The lowest BCUT2D eigenvalue weighted by Gasteiger charge is -1.94. The van der Waals surface area contributed by atoms with Crippen LogP contribution in [0.4, 0.5) is 5.82 Å². The highest BCUT2D eigenvalue weighted by Crippen LogP contribution is 1.99. The Kier molecular flexibility index (Phi) is 2.58. The van der Waals surface area contributed by atoms with E-state index in [1.54, 1.807) is 12.4 Å². The molecular weight excluding hydrogens is 188 g/mol. The van der Waals surface area contributed by atoms with E-state index in [-0.39, 0.29) is 0 Å². The molecule has 0 aliphatic rings. The fourth-order valence-corrected chi connectivity index (χ4v) is 1.27. The second kappa shape index (κ2) is 4.04. The van der Waals surface area contributed by atoms with Gasteiger partial charge in [-0.05, 0) is 11.1 Å². The normalized spacial score (nSPS) is 11.7. The molecule has 0 fully saturated rings. The number of hydrogen-bond donors (Lipinski definition) is 0. The number of aromatic nitrogens is 3. The van der Waals surface area contributed by atoms with Gasteiger partial charge in [-0.1, -0.05) is 6.07 Å². The van der Waals surface area contributed by atoms with Crippen molar-refractivity contribution in [1.82, 2.24) is 9.55 Å². The van der Waals surface area contributed by atoms with Crippen molar-refractivity contribution in [2.24, 2.45) is 19.1 Å². The number of nitrogens with zero attached hydrogens (tertiary/aromatic N) is 4. The van der Waals surface area contributed by atoms with Gasteiger partial charge >= 0.3 is 5.82 Å². The Morgan fingerprint density at radius 1 is 1.40 bits per heavy atom. The lowest BCUT2D eigenvalue weighted by Crippen LogP contribution is -2.28. The second-order valence-corrected chi connectivity index (χ2v) is 3.33. The highest BCUT2D eigenvalue weighted by Gasteiger charge is 2.03. The fraction of sp³-hybridized carbons (Fsp3) is 0.182. The van der Waals surface area contributed by atoms with Crippen molar-refractivity contribution in [1.29, 1.82) is 0 Å². The van der Waals surface area contributed by atoms with E-state index in [1.165, 1.54) is 0 Å². The highest BCUT2D eigenvalue weighted by molar-refractivity contribution is 5.18. The van der Waals surface area contributed by atoms with Gasteiger partial charge in [-0.25, -0.2) is 4.57 Å². The Labute approximate surface area is 88.2 Å². The second-order valence-electron chi connectivity index (χ2n) is 3.33. The van der Waals surface area contributed by atoms with Crippen LogP contribution in [0.3, 0.4) is 0 Å². The van der Waals surface area contributed by atoms with Gasteiger partial charge in [0.25, 0.3) is 5.49 Å². The van der Waals surface area contributed by atoms with Crippen LogP contribution in [-0.2, 0) is 14.1 Å². The van der Waals surface area contributed by atoms with Crippen LogP contribution in [0.5, 0.6) is 0 Å². The Hall–Kier alpha value is -1.97. The van der Waals surface area contributed by atoms with E-state index in [0.717, 1.165) is 11.3 Å². The molecule has 2 aromatic rings. The first-order valence-electron chi connectivity index (χ1n) is 4.73. The van der Waals surface area contributed by atoms with Crippen LogP contribution in [0.25, 0.3) is 0 Å². The van der Waals surface area contributed by atoms with Crippen LogP contribution < -0.4 is 10.1 Å². The molecule has 0 amide bonds. The SMILES string of the molecule is Cn1ccncc1=Nc1cccc[n+]1C. The zero-order valence-electron chi connectivity index (χ0n) is 8.83. The quantitative estimate of drug-likeness (QED) is 0.618. The average molecular weight is 201 g/mol. The summed E-state index contributed by atoms with van der Waals surface area (Å²) in [7, 11) is 3.92. The summed E-state index contributed by atoms with van der Waals surface area (Å²) < 4.78 is 3.90. The maximum atomic E-state index is 4.50. The van der Waals surface area contributed by atoms with Gasteiger partial charge in [0.15, 0.2) is 0 Å². The monoisotopic (exact) mass is 201 g/mol. The first-order chi connectivity index (χ1) is 7.27. The van der Waals surface area contributed by atoms with Crippen LogP contribution in [0.2, 0.25) is 0 Å². The van der Waals surface area contributed by atoms with Crippen molar-refractivity contribution in [3.8, 4) is 0 Å². The molecule has 15 heavy (non-hydrogen) atoms. The number of rotatable bonds is 1. The van der Waals surface area contributed by atoms with Crippen molar-refractivity contribution < 1.29 is 4.57 Å². The maximum Gasteiger partial charge on any atom is 0.325 e. The van der Waals surface area contributed by atoms with Gasteiger partial charge in [-0.15, -0.1) is 0 Å². The Balaban J connectivity index is 2.57. The zero-order chi connectivity index (χ0) is 10.7. The van der Waals surface area contributed by atoms with E-state index in [0.29, 0.717) is 0 Å². The molecule has 76 valence electrons. The molecule has 2 rings (SSSR count). The molecule has 4 heteroatoms. The predicted octanol–water partition coefficient (Wildman–Crippen LogP) is 0.477. The van der Waals surface area contributed by atoms with Gasteiger partial charge < -0.3 is 4.57 Å². The molecule has 0 aliphatic carbocycles. The van der Waals surface area contributed by atoms with Crippen molar-refractivity contribution in [2.45, 2.75) is 0 Å². The summed E-state index contributed by atoms with van der Waals surface area (Å²) in [5.41, 5.74) is 0.833. The van der Waals surface area contributed by atoms with Gasteiger partial charge in [0.05, 0.1) is 19.4 Å². The summed E-state index contributed by atoms with van der Waals surface area (Å²) in [4.78, 5) is 8.55. The highest BCUT2D eigenvalue weighted by atomic mass is 15.1. The van der Waals surface area contributed by atoms with Gasteiger partial charge in [0.1, 0.15) is 0 Å². The molecule has 0 saturated carbocycles. The minimum atomic E-state index is 0.833. The molecule has 4 nitrogen and oxygen atoms in total. The molecule has 2 aromatic heterocycles. The molecule has 0 unspecified atom stereocenters. The number of aryl methyl sites for hydroxylation is 2. The minimum absolute atomic E-state index is 0.833. The molecular formula is C11H13N4+. The fourth-order valence-electron chi connectivity index (χ4n) is 1.27. The number of pyridine rings is 1. The summed E-state index contributed by atoms with van der Waals surface area (Å²) in [6.45, 7) is 0. The van der Waals surface area contributed by atoms with E-state index in [9.17, 15) is 0 Å². The van der Waals surface area contributed by atoms with E-state index >= 15 is 0 Å². The molecule has 0 aliphatic heterocycles. The molecule has 2 heterocycles. The summed E-state index contributed by atoms with van der Waals surface area (Å²) >= 11 is 0. The third kappa shape index (κ3) is 2.10. The molecule has 0 radical (unpaired) electrons. The number of hydrogen-bond acceptors (Lipinski definition) is 2. The van der Waals surface area contributed by atoms with Gasteiger partial charge in [0, 0.05) is 25.5 Å². The van der Waals surface area contributed by atoms with Crippen LogP contribution >= 0.6 is 0 Å². The van der Waals surface area contributed by atoms with Gasteiger partial charge in [-0.2, -0.15) is 0 Å². The summed E-state index contributed by atoms with van der Waals surface area (Å²) in [6.07, 6.45) is 7.33. The van der Waals surface area contributed by atoms with E-state index in [2.05, 4.69) is 9.98 Å². The minimum Gasteiger partial charge on any atom is -0.313 e. The molecule has 0 saturated heterocycles. The lowest BCUT2D eigenvalue weighted by atomic mass is 10.4. The molecule has 0 N–H and O–H groups in total. The Morgan fingerprint density at radius 3 is 3.00 bits per heavy atom. The summed E-state index contributed by atoms with van der Waals surface area (Å²) in [6, 6.07) is 5.91. The van der Waals surface area contributed by atoms with Crippen molar-refractivity contribution >= 4 is 5.82 Å². The van der Waals surface area contributed by atoms with E-state index < -0.39 is 0 Å². The van der Waals surface area contributed by atoms with Crippen molar-refractivity contribution in [3.05, 3.63) is 48.5 Å². The molecule has 0 bridgehead atoms. The van der Waals surface area contributed by atoms with E-state index in [4.69, 9.17) is 0 Å². The smallest absolute Gasteiger partial charge is 0.313 e. The molecule has 0 aromatic carbocycles. The zero-order valence-corrected chi connectivity index (χ0v) is 8.83. The molecule has 0 atom stereocenters. The Morgan fingerprint density at radius 2 is 2.27 bits per heavy atom. The van der Waals surface area contributed by atoms with Crippen LogP contribution in [0.15, 0.2) is 48.0 Å². The summed E-state index contributed by atoms with van der Waals surface area (Å²) in [5.74, 6) is 0.904. The predicted molar refractivity (Wildman–Crippen MR) is 56.0 cm³/mol. The van der Waals surface area contributed by atoms with Crippen molar-refractivity contribution in [2.75, 3.05) is 0 Å². The van der Waals surface area contributed by atoms with Crippen LogP contribution in [-0.4, -0.2) is 9.55 Å². The van der Waals surface area contributed by atoms with Crippen LogP contribution in [0.1, 0.15) is 0 Å². The average Bonchev–Trinajstić information content (AvgIpc) is 2.24. The third-order valence-electron chi connectivity index (χ3n) is 2.18. The van der Waals surface area contributed by atoms with Crippen LogP contribution in [0, 0.1) is 0 Å². The topological polar surface area (TPSA) is 34.1 Å². The van der Waals surface area contributed by atoms with E-state index in [1.807, 2.05) is 53.8 Å². The van der Waals surface area contributed by atoms with Crippen molar-refractivity contribution in [3.63, 3.8) is 0 Å². The summed E-state index contributed by atoms with van der Waals surface area (Å²) in [5, 5.41) is 0. The Bertz CT molecular complexity index is 528. The first-order valence-corrected chi connectivity index (χ1v) is 4.73. The largest absolute Gasteiger partial charge is 0.325 e. The first kappa shape index (κ1) is 9.58. The standard InChI is InChI=1S/C11H13N4/c1-14-7-4-3-5-10(14)13-11-9-12-6-8-15(11)2/h3-9H,1-2H3/q+1. The lowest BCUT2D eigenvalue weighted by molar-refractivity contribution is -0.658. The molecule has 0 spiro atoms. The maximum absolute atomic E-state index is 4.50. The van der Waals surface area contributed by atoms with Gasteiger partial charge in [0.2, 0.25) is 0 Å². The van der Waals surface area contributed by atoms with Gasteiger partial charge in [-0.3, -0.25) is 4.98 Å².